The Bertz CT molecular complexity index is 672. The van der Waals surface area contributed by atoms with Gasteiger partial charge in [0.25, 0.3) is 0 Å². The fraction of sp³-hybridized carbons (Fsp3) is 0.526. The van der Waals surface area contributed by atoms with E-state index in [9.17, 15) is 15.0 Å². The molecular weight excluding hydrogens is 292 g/mol. The second-order valence-electron chi connectivity index (χ2n) is 7.15. The Morgan fingerprint density at radius 1 is 1.39 bits per heavy atom. The van der Waals surface area contributed by atoms with Gasteiger partial charge < -0.3 is 14.9 Å². The van der Waals surface area contributed by atoms with E-state index in [0.29, 0.717) is 17.7 Å². The van der Waals surface area contributed by atoms with Gasteiger partial charge in [-0.3, -0.25) is 0 Å². The Balaban J connectivity index is 2.13. The summed E-state index contributed by atoms with van der Waals surface area (Å²) in [6, 6.07) is 3.80. The number of phenolic OH excluding ortho intramolecular Hbond substituents is 1. The van der Waals surface area contributed by atoms with Gasteiger partial charge in [-0.15, -0.1) is 0 Å². The van der Waals surface area contributed by atoms with Gasteiger partial charge in [0.2, 0.25) is 0 Å². The number of benzene rings is 1. The Morgan fingerprint density at radius 3 is 2.78 bits per heavy atom. The van der Waals surface area contributed by atoms with Crippen molar-refractivity contribution in [3.05, 3.63) is 34.9 Å². The van der Waals surface area contributed by atoms with Gasteiger partial charge in [-0.2, -0.15) is 0 Å². The molecule has 0 unspecified atom stereocenters. The Labute approximate surface area is 136 Å². The molecule has 1 aliphatic carbocycles. The molecule has 1 heterocycles. The number of aryl methyl sites for hydroxylation is 1. The van der Waals surface area contributed by atoms with Crippen molar-refractivity contribution in [2.24, 2.45) is 5.92 Å². The standard InChI is InChI=1S/C19H24O4/c1-4-5-11-8-15(20)17-13-10-12(18(21)22)6-7-14(13)19(2,3)23-16(17)9-11/h8-10,13-14,20H,4-7H2,1-3H3,(H,21,22)/t13-,14-/m1/s1. The number of ether oxygens (including phenoxy) is 1. The minimum atomic E-state index is -0.864. The van der Waals surface area contributed by atoms with Crippen LogP contribution < -0.4 is 4.74 Å². The number of carbonyl (C=O) groups is 1. The molecule has 4 heteroatoms. The summed E-state index contributed by atoms with van der Waals surface area (Å²) in [6.07, 6.45) is 5.00. The molecule has 1 aromatic carbocycles. The van der Waals surface area contributed by atoms with E-state index < -0.39 is 5.97 Å². The molecule has 0 saturated carbocycles. The van der Waals surface area contributed by atoms with Crippen LogP contribution in [0.3, 0.4) is 0 Å². The summed E-state index contributed by atoms with van der Waals surface area (Å²) in [7, 11) is 0. The van der Waals surface area contributed by atoms with Gasteiger partial charge in [0.1, 0.15) is 17.1 Å². The average Bonchev–Trinajstić information content (AvgIpc) is 2.45. The van der Waals surface area contributed by atoms with Crippen molar-refractivity contribution in [1.29, 1.82) is 0 Å². The Kier molecular flexibility index (Phi) is 3.86. The summed E-state index contributed by atoms with van der Waals surface area (Å²) in [5.41, 5.74) is 1.85. The number of rotatable bonds is 3. The van der Waals surface area contributed by atoms with E-state index in [1.54, 1.807) is 6.07 Å². The molecule has 3 rings (SSSR count). The van der Waals surface area contributed by atoms with E-state index in [4.69, 9.17) is 4.74 Å². The first kappa shape index (κ1) is 15.9. The summed E-state index contributed by atoms with van der Waals surface area (Å²) in [5.74, 6) is 0.114. The van der Waals surface area contributed by atoms with Crippen LogP contribution in [0.4, 0.5) is 0 Å². The molecule has 1 aromatic rings. The Morgan fingerprint density at radius 2 is 2.13 bits per heavy atom. The molecule has 2 atom stereocenters. The lowest BCUT2D eigenvalue weighted by Crippen LogP contribution is -2.45. The lowest BCUT2D eigenvalue weighted by atomic mass is 9.67. The topological polar surface area (TPSA) is 66.8 Å². The second kappa shape index (κ2) is 5.59. The van der Waals surface area contributed by atoms with Crippen LogP contribution in [0.1, 0.15) is 57.1 Å². The van der Waals surface area contributed by atoms with Gasteiger partial charge in [0, 0.05) is 23.0 Å². The summed E-state index contributed by atoms with van der Waals surface area (Å²) in [6.45, 7) is 6.20. The zero-order chi connectivity index (χ0) is 16.8. The molecule has 2 N–H and O–H groups in total. The van der Waals surface area contributed by atoms with Crippen molar-refractivity contribution < 1.29 is 19.7 Å². The summed E-state index contributed by atoms with van der Waals surface area (Å²) >= 11 is 0. The number of hydrogen-bond donors (Lipinski definition) is 2. The lowest BCUT2D eigenvalue weighted by molar-refractivity contribution is -0.133. The molecular formula is C19H24O4. The van der Waals surface area contributed by atoms with Gasteiger partial charge in [0.05, 0.1) is 0 Å². The van der Waals surface area contributed by atoms with Crippen LogP contribution in [-0.4, -0.2) is 21.8 Å². The molecule has 0 spiro atoms. The molecule has 0 aromatic heterocycles. The highest BCUT2D eigenvalue weighted by Gasteiger charge is 2.46. The van der Waals surface area contributed by atoms with Crippen LogP contribution in [0.15, 0.2) is 23.8 Å². The zero-order valence-electron chi connectivity index (χ0n) is 13.9. The van der Waals surface area contributed by atoms with Crippen molar-refractivity contribution in [2.45, 2.75) is 58.0 Å². The fourth-order valence-corrected chi connectivity index (χ4v) is 4.03. The predicted molar refractivity (Wildman–Crippen MR) is 88.0 cm³/mol. The maximum absolute atomic E-state index is 11.4. The summed E-state index contributed by atoms with van der Waals surface area (Å²) in [4.78, 5) is 11.4. The molecule has 0 fully saturated rings. The lowest BCUT2D eigenvalue weighted by Gasteiger charge is -2.46. The molecule has 124 valence electrons. The van der Waals surface area contributed by atoms with Gasteiger partial charge in [-0.25, -0.2) is 4.79 Å². The fourth-order valence-electron chi connectivity index (χ4n) is 4.03. The normalized spacial score (nSPS) is 24.9. The average molecular weight is 316 g/mol. The van der Waals surface area contributed by atoms with Gasteiger partial charge in [-0.05, 0) is 50.8 Å². The van der Waals surface area contributed by atoms with Crippen molar-refractivity contribution in [1.82, 2.24) is 0 Å². The highest BCUT2D eigenvalue weighted by Crippen LogP contribution is 2.53. The van der Waals surface area contributed by atoms with Crippen molar-refractivity contribution >= 4 is 5.97 Å². The third kappa shape index (κ3) is 2.71. The maximum Gasteiger partial charge on any atom is 0.331 e. The van der Waals surface area contributed by atoms with Gasteiger partial charge in [0.15, 0.2) is 0 Å². The van der Waals surface area contributed by atoms with Crippen LogP contribution in [-0.2, 0) is 11.2 Å². The highest BCUT2D eigenvalue weighted by atomic mass is 16.5. The molecule has 0 saturated heterocycles. The molecule has 23 heavy (non-hydrogen) atoms. The van der Waals surface area contributed by atoms with Crippen molar-refractivity contribution in [3.63, 3.8) is 0 Å². The van der Waals surface area contributed by atoms with Gasteiger partial charge in [-0.1, -0.05) is 19.4 Å². The van der Waals surface area contributed by atoms with Crippen molar-refractivity contribution in [2.75, 3.05) is 0 Å². The first-order chi connectivity index (χ1) is 10.8. The number of phenols is 1. The van der Waals surface area contributed by atoms with Crippen LogP contribution in [0, 0.1) is 5.92 Å². The largest absolute Gasteiger partial charge is 0.507 e. The molecule has 0 bridgehead atoms. The van der Waals surface area contributed by atoms with E-state index in [-0.39, 0.29) is 23.2 Å². The first-order valence-electron chi connectivity index (χ1n) is 8.32. The SMILES string of the molecule is CCCc1cc(O)c2c(c1)OC(C)(C)[C@@H]1CCC(C(=O)O)=C[C@@H]21. The molecule has 0 amide bonds. The van der Waals surface area contributed by atoms with E-state index in [2.05, 4.69) is 20.8 Å². The molecule has 0 radical (unpaired) electrons. The third-order valence-corrected chi connectivity index (χ3v) is 5.13. The molecule has 2 aliphatic rings. The monoisotopic (exact) mass is 316 g/mol. The smallest absolute Gasteiger partial charge is 0.331 e. The van der Waals surface area contributed by atoms with Crippen LogP contribution in [0.25, 0.3) is 0 Å². The predicted octanol–water partition coefficient (Wildman–Crippen LogP) is 4.02. The number of hydrogen-bond acceptors (Lipinski definition) is 3. The highest BCUT2D eigenvalue weighted by molar-refractivity contribution is 5.87. The quantitative estimate of drug-likeness (QED) is 0.884. The van der Waals surface area contributed by atoms with Crippen LogP contribution in [0.5, 0.6) is 11.5 Å². The minimum absolute atomic E-state index is 0.107. The number of carboxylic acids is 1. The Hall–Kier alpha value is -1.97. The van der Waals surface area contributed by atoms with E-state index in [0.717, 1.165) is 30.4 Å². The van der Waals surface area contributed by atoms with E-state index in [1.807, 2.05) is 12.1 Å². The van der Waals surface area contributed by atoms with E-state index in [1.165, 1.54) is 0 Å². The number of carboxylic acid groups (broad SMARTS) is 1. The molecule has 4 nitrogen and oxygen atoms in total. The minimum Gasteiger partial charge on any atom is -0.507 e. The summed E-state index contributed by atoms with van der Waals surface area (Å²) < 4.78 is 6.22. The second-order valence-corrected chi connectivity index (χ2v) is 7.15. The third-order valence-electron chi connectivity index (χ3n) is 5.13. The maximum atomic E-state index is 11.4. The van der Waals surface area contributed by atoms with Crippen LogP contribution in [0.2, 0.25) is 0 Å². The van der Waals surface area contributed by atoms with E-state index >= 15 is 0 Å². The zero-order valence-corrected chi connectivity index (χ0v) is 13.9. The molecule has 1 aliphatic heterocycles. The van der Waals surface area contributed by atoms with Gasteiger partial charge >= 0.3 is 5.97 Å². The van der Waals surface area contributed by atoms with Crippen molar-refractivity contribution in [3.8, 4) is 11.5 Å². The van der Waals surface area contributed by atoms with Crippen LogP contribution >= 0.6 is 0 Å². The number of aliphatic carboxylic acids is 1. The number of aromatic hydroxyl groups is 1. The number of fused-ring (bicyclic) bond motifs is 3. The first-order valence-corrected chi connectivity index (χ1v) is 8.32. The summed E-state index contributed by atoms with van der Waals surface area (Å²) in [5, 5.41) is 19.9. The number of allylic oxidation sites excluding steroid dienone is 1.